The molecule has 6 N–H and O–H groups in total. The molecule has 210 valence electrons. The second kappa shape index (κ2) is 17.3. The normalized spacial score (nSPS) is 11.9. The SMILES string of the molecule is CNC(=O)CC[C@H](NC(=O)OCc1ccccc1)C(=O)N[C@@H](CCCCN)C(=O)C(=O)NCc1ccccc1. The molecule has 2 atom stereocenters. The van der Waals surface area contributed by atoms with Gasteiger partial charge in [0.1, 0.15) is 12.6 Å². The van der Waals surface area contributed by atoms with Crippen molar-refractivity contribution in [2.24, 2.45) is 5.73 Å². The van der Waals surface area contributed by atoms with Crippen molar-refractivity contribution in [3.05, 3.63) is 71.8 Å². The first-order valence-corrected chi connectivity index (χ1v) is 12.9. The first kappa shape index (κ1) is 31.0. The predicted octanol–water partition coefficient (Wildman–Crippen LogP) is 1.31. The van der Waals surface area contributed by atoms with Crippen LogP contribution in [0.3, 0.4) is 0 Å². The fourth-order valence-electron chi connectivity index (χ4n) is 3.63. The van der Waals surface area contributed by atoms with Gasteiger partial charge in [0.2, 0.25) is 17.6 Å². The van der Waals surface area contributed by atoms with Crippen LogP contribution in [0.25, 0.3) is 0 Å². The molecule has 0 bridgehead atoms. The summed E-state index contributed by atoms with van der Waals surface area (Å²) >= 11 is 0. The second-order valence-electron chi connectivity index (χ2n) is 8.85. The number of hydrogen-bond donors (Lipinski definition) is 5. The first-order chi connectivity index (χ1) is 18.8. The zero-order chi connectivity index (χ0) is 28.5. The van der Waals surface area contributed by atoms with Crippen molar-refractivity contribution in [1.82, 2.24) is 21.3 Å². The van der Waals surface area contributed by atoms with E-state index in [1.807, 2.05) is 36.4 Å². The maximum atomic E-state index is 13.2. The Hall–Kier alpha value is -4.25. The minimum atomic E-state index is -1.18. The standard InChI is InChI=1S/C28H37N5O6/c1-30-24(34)16-15-23(33-28(38)39-19-21-12-6-3-7-13-21)26(36)32-22(14-8-9-17-29)25(35)27(37)31-18-20-10-4-2-5-11-20/h2-7,10-13,22-23H,8-9,14-19,29H2,1H3,(H,30,34)(H,31,37)(H,32,36)(H,33,38)/t22-,23-/m0/s1. The molecule has 2 aromatic carbocycles. The van der Waals surface area contributed by atoms with Crippen LogP contribution in [-0.4, -0.2) is 55.3 Å². The molecular weight excluding hydrogens is 502 g/mol. The molecule has 0 heterocycles. The maximum Gasteiger partial charge on any atom is 0.408 e. The molecule has 11 heteroatoms. The molecule has 0 saturated carbocycles. The lowest BCUT2D eigenvalue weighted by Crippen LogP contribution is -2.54. The van der Waals surface area contributed by atoms with Crippen molar-refractivity contribution in [3.8, 4) is 0 Å². The van der Waals surface area contributed by atoms with Crippen molar-refractivity contribution < 1.29 is 28.7 Å². The zero-order valence-corrected chi connectivity index (χ0v) is 22.1. The van der Waals surface area contributed by atoms with Gasteiger partial charge in [0.25, 0.3) is 5.91 Å². The van der Waals surface area contributed by atoms with Gasteiger partial charge in [-0.15, -0.1) is 0 Å². The molecule has 39 heavy (non-hydrogen) atoms. The number of rotatable bonds is 16. The van der Waals surface area contributed by atoms with Crippen molar-refractivity contribution in [1.29, 1.82) is 0 Å². The van der Waals surface area contributed by atoms with E-state index in [2.05, 4.69) is 21.3 Å². The lowest BCUT2D eigenvalue weighted by atomic mass is 10.0. The summed E-state index contributed by atoms with van der Waals surface area (Å²) < 4.78 is 5.21. The molecule has 0 aliphatic rings. The number of amides is 4. The van der Waals surface area contributed by atoms with E-state index in [-0.39, 0.29) is 38.3 Å². The second-order valence-corrected chi connectivity index (χ2v) is 8.85. The van der Waals surface area contributed by atoms with Crippen molar-refractivity contribution in [2.75, 3.05) is 13.6 Å². The lowest BCUT2D eigenvalue weighted by molar-refractivity contribution is -0.140. The first-order valence-electron chi connectivity index (χ1n) is 12.9. The van der Waals surface area contributed by atoms with Gasteiger partial charge < -0.3 is 31.7 Å². The largest absolute Gasteiger partial charge is 0.445 e. The van der Waals surface area contributed by atoms with Gasteiger partial charge in [0.05, 0.1) is 6.04 Å². The Bertz CT molecular complexity index is 1080. The number of nitrogens with two attached hydrogens (primary N) is 1. The number of ketones is 1. The summed E-state index contributed by atoms with van der Waals surface area (Å²) in [5.74, 6) is -2.69. The maximum absolute atomic E-state index is 13.2. The van der Waals surface area contributed by atoms with Crippen molar-refractivity contribution in [2.45, 2.75) is 57.3 Å². The van der Waals surface area contributed by atoms with Crippen LogP contribution in [0.5, 0.6) is 0 Å². The molecule has 2 rings (SSSR count). The van der Waals surface area contributed by atoms with E-state index in [1.54, 1.807) is 24.3 Å². The van der Waals surface area contributed by atoms with Crippen LogP contribution in [0.1, 0.15) is 43.2 Å². The summed E-state index contributed by atoms with van der Waals surface area (Å²) in [4.78, 5) is 63.0. The number of hydrogen-bond acceptors (Lipinski definition) is 7. The fraction of sp³-hybridized carbons (Fsp3) is 0.393. The van der Waals surface area contributed by atoms with Gasteiger partial charge in [-0.1, -0.05) is 60.7 Å². The van der Waals surface area contributed by atoms with Gasteiger partial charge in [-0.3, -0.25) is 19.2 Å². The third kappa shape index (κ3) is 11.8. The number of Topliss-reactive ketones (excluding diaryl/α,β-unsaturated/α-hetero) is 1. The number of benzene rings is 2. The van der Waals surface area contributed by atoms with E-state index in [4.69, 9.17) is 10.5 Å². The van der Waals surface area contributed by atoms with E-state index in [0.29, 0.717) is 19.4 Å². The predicted molar refractivity (Wildman–Crippen MR) is 145 cm³/mol. The third-order valence-electron chi connectivity index (χ3n) is 5.86. The number of alkyl carbamates (subject to hydrolysis) is 1. The van der Waals surface area contributed by atoms with E-state index in [0.717, 1.165) is 11.1 Å². The van der Waals surface area contributed by atoms with Crippen LogP contribution in [0.2, 0.25) is 0 Å². The van der Waals surface area contributed by atoms with Gasteiger partial charge in [0, 0.05) is 20.0 Å². The van der Waals surface area contributed by atoms with Gasteiger partial charge in [-0.2, -0.15) is 0 Å². The molecule has 0 aliphatic heterocycles. The number of unbranched alkanes of at least 4 members (excludes halogenated alkanes) is 1. The van der Waals surface area contributed by atoms with Crippen LogP contribution >= 0.6 is 0 Å². The summed E-state index contributed by atoms with van der Waals surface area (Å²) in [6.07, 6.45) is 0.306. The topological polar surface area (TPSA) is 169 Å². The van der Waals surface area contributed by atoms with Gasteiger partial charge in [-0.05, 0) is 43.4 Å². The number of ether oxygens (including phenoxy) is 1. The Morgan fingerprint density at radius 1 is 0.821 bits per heavy atom. The van der Waals surface area contributed by atoms with Crippen LogP contribution in [0.15, 0.2) is 60.7 Å². The molecule has 0 spiro atoms. The average Bonchev–Trinajstić information content (AvgIpc) is 2.96. The molecule has 11 nitrogen and oxygen atoms in total. The zero-order valence-electron chi connectivity index (χ0n) is 22.1. The molecule has 0 aliphatic carbocycles. The van der Waals surface area contributed by atoms with Crippen LogP contribution < -0.4 is 27.0 Å². The Morgan fingerprint density at radius 2 is 1.46 bits per heavy atom. The summed E-state index contributed by atoms with van der Waals surface area (Å²) in [5, 5.41) is 10.1. The van der Waals surface area contributed by atoms with Gasteiger partial charge in [-0.25, -0.2) is 4.79 Å². The molecule has 0 saturated heterocycles. The van der Waals surface area contributed by atoms with E-state index in [1.165, 1.54) is 7.05 Å². The summed E-state index contributed by atoms with van der Waals surface area (Å²) in [6, 6.07) is 15.8. The van der Waals surface area contributed by atoms with Crippen LogP contribution in [-0.2, 0) is 37.1 Å². The molecule has 0 radical (unpaired) electrons. The van der Waals surface area contributed by atoms with E-state index in [9.17, 15) is 24.0 Å². The van der Waals surface area contributed by atoms with Crippen LogP contribution in [0, 0.1) is 0 Å². The molecule has 4 amide bonds. The number of nitrogens with one attached hydrogen (secondary N) is 4. The molecule has 2 aromatic rings. The Kier molecular flexibility index (Phi) is 13.7. The highest BCUT2D eigenvalue weighted by Crippen LogP contribution is 2.07. The highest BCUT2D eigenvalue weighted by Gasteiger charge is 2.30. The highest BCUT2D eigenvalue weighted by molar-refractivity contribution is 6.38. The van der Waals surface area contributed by atoms with Crippen molar-refractivity contribution in [3.63, 3.8) is 0 Å². The van der Waals surface area contributed by atoms with Gasteiger partial charge >= 0.3 is 6.09 Å². The summed E-state index contributed by atoms with van der Waals surface area (Å²) in [6.45, 7) is 0.523. The molecular formula is C28H37N5O6. The van der Waals surface area contributed by atoms with E-state index >= 15 is 0 Å². The van der Waals surface area contributed by atoms with Crippen molar-refractivity contribution >= 4 is 29.6 Å². The highest BCUT2D eigenvalue weighted by atomic mass is 16.5. The quantitative estimate of drug-likeness (QED) is 0.158. The Labute approximate surface area is 228 Å². The number of carbonyl (C=O) groups is 5. The third-order valence-corrected chi connectivity index (χ3v) is 5.86. The molecule has 0 aromatic heterocycles. The Balaban J connectivity index is 2.06. The van der Waals surface area contributed by atoms with E-state index < -0.39 is 35.8 Å². The minimum absolute atomic E-state index is 0.0156. The summed E-state index contributed by atoms with van der Waals surface area (Å²) in [7, 11) is 1.46. The smallest absolute Gasteiger partial charge is 0.408 e. The molecule has 0 unspecified atom stereocenters. The number of carbonyl (C=O) groups excluding carboxylic acids is 5. The molecule has 0 fully saturated rings. The van der Waals surface area contributed by atoms with Crippen LogP contribution in [0.4, 0.5) is 4.79 Å². The fourth-order valence-corrected chi connectivity index (χ4v) is 3.63. The Morgan fingerprint density at radius 3 is 2.08 bits per heavy atom. The average molecular weight is 540 g/mol. The minimum Gasteiger partial charge on any atom is -0.445 e. The lowest BCUT2D eigenvalue weighted by Gasteiger charge is -2.22. The summed E-state index contributed by atoms with van der Waals surface area (Å²) in [5.41, 5.74) is 7.14. The monoisotopic (exact) mass is 539 g/mol. The van der Waals surface area contributed by atoms with Gasteiger partial charge in [0.15, 0.2) is 0 Å².